The number of H-pyrrole nitrogens is 1. The molecule has 0 bridgehead atoms. The highest BCUT2D eigenvalue weighted by molar-refractivity contribution is 6.02. The van der Waals surface area contributed by atoms with Gasteiger partial charge in [-0.05, 0) is 55.7 Å². The fourth-order valence-electron chi connectivity index (χ4n) is 3.59. The molecule has 39 heavy (non-hydrogen) atoms. The average molecular weight is 529 g/mol. The molecule has 200 valence electrons. The molecule has 0 spiro atoms. The van der Waals surface area contributed by atoms with Crippen LogP contribution in [0.25, 0.3) is 11.1 Å². The van der Waals surface area contributed by atoms with Crippen molar-refractivity contribution in [2.24, 2.45) is 20.5 Å². The first-order chi connectivity index (χ1) is 19.1. The third kappa shape index (κ3) is 7.21. The number of oxime groups is 1. The Kier molecular flexibility index (Phi) is 9.24. The molecule has 2 aromatic carbocycles. The average Bonchev–Trinajstić information content (AvgIpc) is 3.51. The van der Waals surface area contributed by atoms with Gasteiger partial charge in [-0.15, -0.1) is 10.2 Å². The van der Waals surface area contributed by atoms with E-state index in [1.807, 2.05) is 31.0 Å². The molecular weight excluding hydrogens is 502 g/mol. The number of nitrogens with zero attached hydrogens (tertiary/aromatic N) is 8. The molecule has 0 radical (unpaired) electrons. The summed E-state index contributed by atoms with van der Waals surface area (Å²) in [5.41, 5.74) is 2.93. The first-order valence-electron chi connectivity index (χ1n) is 12.1. The molecule has 0 aliphatic carbocycles. The molecule has 1 aromatic heterocycles. The van der Waals surface area contributed by atoms with Crippen LogP contribution in [-0.4, -0.2) is 70.8 Å². The summed E-state index contributed by atoms with van der Waals surface area (Å²) < 4.78 is 11.0. The van der Waals surface area contributed by atoms with Gasteiger partial charge in [0.25, 0.3) is 5.91 Å². The van der Waals surface area contributed by atoms with Crippen molar-refractivity contribution < 1.29 is 19.1 Å². The summed E-state index contributed by atoms with van der Waals surface area (Å²) in [5.74, 6) is 3.13. The van der Waals surface area contributed by atoms with E-state index in [4.69, 9.17) is 14.3 Å². The number of hydrogen-bond acceptors (Lipinski definition) is 10. The first kappa shape index (κ1) is 26.9. The number of benzene rings is 2. The highest BCUT2D eigenvalue weighted by Gasteiger charge is 2.20. The van der Waals surface area contributed by atoms with Crippen molar-refractivity contribution in [3.05, 3.63) is 71.2 Å². The minimum Gasteiger partial charge on any atom is -0.761 e. The maximum Gasteiger partial charge on any atom is 0.283 e. The molecular formula is C26H26N9O4-. The summed E-state index contributed by atoms with van der Waals surface area (Å²) in [7, 11) is 1.59. The van der Waals surface area contributed by atoms with Gasteiger partial charge in [0.2, 0.25) is 0 Å². The molecule has 2 heterocycles. The van der Waals surface area contributed by atoms with Crippen LogP contribution in [-0.2, 0) is 9.63 Å². The molecule has 13 heteroatoms. The standard InChI is InChI=1S/C26H26N9O4/c1-3-38-24-13-19(8-11-23(24)37-2)21-5-4-12-35(34-21)25(36)16-39-30-15-18-6-9-20(10-7-18)31-32-22(14-27)26-28-17-29-33-26/h6-11,13,15,17H,3-5,12,16H2,1-2H3,(H,28,29,33)/q-1/b30-15-,32-31?. The lowest BCUT2D eigenvalue weighted by atomic mass is 10.0. The molecule has 1 N–H and O–H groups in total. The van der Waals surface area contributed by atoms with Crippen molar-refractivity contribution in [3.63, 3.8) is 0 Å². The molecule has 0 atom stereocenters. The summed E-state index contributed by atoms with van der Waals surface area (Å²) in [6.45, 7) is 2.67. The third-order valence-electron chi connectivity index (χ3n) is 5.48. The SMILES string of the molecule is CCOc1cc(C2=NN(C(=O)CO/N=C\c3ccc(N=NC(=C=[N-])c4ncn[nH]4)cc3)CCC2)ccc1OC. The monoisotopic (exact) mass is 528 g/mol. The van der Waals surface area contributed by atoms with Gasteiger partial charge in [0.15, 0.2) is 23.9 Å². The van der Waals surface area contributed by atoms with Crippen molar-refractivity contribution in [2.75, 3.05) is 26.9 Å². The third-order valence-corrected chi connectivity index (χ3v) is 5.48. The van der Waals surface area contributed by atoms with Crippen LogP contribution < -0.4 is 9.47 Å². The van der Waals surface area contributed by atoms with Gasteiger partial charge in [-0.1, -0.05) is 17.3 Å². The predicted molar refractivity (Wildman–Crippen MR) is 144 cm³/mol. The van der Waals surface area contributed by atoms with Gasteiger partial charge in [0.1, 0.15) is 12.0 Å². The van der Waals surface area contributed by atoms with E-state index >= 15 is 0 Å². The molecule has 1 amide bonds. The Morgan fingerprint density at radius 3 is 2.79 bits per heavy atom. The Labute approximate surface area is 224 Å². The van der Waals surface area contributed by atoms with E-state index in [2.05, 4.69) is 35.7 Å². The maximum atomic E-state index is 12.7. The largest absolute Gasteiger partial charge is 0.761 e. The molecule has 13 nitrogen and oxygen atoms in total. The lowest BCUT2D eigenvalue weighted by Crippen LogP contribution is -2.34. The number of amides is 1. The van der Waals surface area contributed by atoms with Crippen LogP contribution in [0.3, 0.4) is 0 Å². The minimum absolute atomic E-state index is 0.0145. The number of nitrogens with one attached hydrogen (secondary N) is 1. The molecule has 0 saturated heterocycles. The Morgan fingerprint density at radius 2 is 2.08 bits per heavy atom. The fraction of sp³-hybridized carbons (Fsp3) is 0.269. The zero-order valence-electron chi connectivity index (χ0n) is 21.4. The second-order valence-electron chi connectivity index (χ2n) is 8.06. The van der Waals surface area contributed by atoms with Gasteiger partial charge >= 0.3 is 0 Å². The first-order valence-corrected chi connectivity index (χ1v) is 12.1. The Bertz CT molecular complexity index is 1410. The molecule has 1 aliphatic rings. The van der Waals surface area contributed by atoms with Gasteiger partial charge in [-0.25, -0.2) is 15.9 Å². The highest BCUT2D eigenvalue weighted by atomic mass is 16.6. The number of methoxy groups -OCH3 is 1. The van der Waals surface area contributed by atoms with E-state index in [0.717, 1.165) is 29.7 Å². The topological polar surface area (TPSA) is 161 Å². The number of hydrazone groups is 1. The van der Waals surface area contributed by atoms with Gasteiger partial charge < -0.3 is 19.7 Å². The van der Waals surface area contributed by atoms with E-state index in [-0.39, 0.29) is 24.0 Å². The normalized spacial score (nSPS) is 13.3. The molecule has 4 rings (SSSR count). The maximum absolute atomic E-state index is 12.7. The number of ether oxygens (including phenoxy) is 2. The molecule has 3 aromatic rings. The van der Waals surface area contributed by atoms with Crippen LogP contribution in [0, 0.1) is 0 Å². The number of aromatic nitrogens is 3. The quantitative estimate of drug-likeness (QED) is 0.225. The van der Waals surface area contributed by atoms with Crippen LogP contribution in [0.2, 0.25) is 0 Å². The van der Waals surface area contributed by atoms with E-state index in [1.165, 1.54) is 17.6 Å². The molecule has 1 aliphatic heterocycles. The number of rotatable bonds is 11. The predicted octanol–water partition coefficient (Wildman–Crippen LogP) is 3.95. The second-order valence-corrected chi connectivity index (χ2v) is 8.06. The fourth-order valence-corrected chi connectivity index (χ4v) is 3.59. The van der Waals surface area contributed by atoms with Crippen molar-refractivity contribution in [1.82, 2.24) is 20.2 Å². The Balaban J connectivity index is 1.30. The van der Waals surface area contributed by atoms with Gasteiger partial charge in [0, 0.05) is 12.1 Å². The van der Waals surface area contributed by atoms with E-state index < -0.39 is 0 Å². The van der Waals surface area contributed by atoms with Crippen molar-refractivity contribution in [3.8, 4) is 11.5 Å². The lowest BCUT2D eigenvalue weighted by molar-refractivity contribution is -0.136. The zero-order valence-corrected chi connectivity index (χ0v) is 21.4. The van der Waals surface area contributed by atoms with Crippen LogP contribution >= 0.6 is 0 Å². The second kappa shape index (κ2) is 13.4. The number of hydrogen-bond donors (Lipinski definition) is 1. The van der Waals surface area contributed by atoms with Crippen molar-refractivity contribution in [2.45, 2.75) is 19.8 Å². The van der Waals surface area contributed by atoms with Gasteiger partial charge in [-0.3, -0.25) is 9.89 Å². The van der Waals surface area contributed by atoms with Crippen LogP contribution in [0.1, 0.15) is 36.7 Å². The highest BCUT2D eigenvalue weighted by Crippen LogP contribution is 2.29. The summed E-state index contributed by atoms with van der Waals surface area (Å²) >= 11 is 0. The van der Waals surface area contributed by atoms with Crippen LogP contribution in [0.4, 0.5) is 5.69 Å². The molecule has 0 saturated carbocycles. The summed E-state index contributed by atoms with van der Waals surface area (Å²) in [6, 6.07) is 12.5. The Morgan fingerprint density at radius 1 is 1.23 bits per heavy atom. The molecule has 0 unspecified atom stereocenters. The van der Waals surface area contributed by atoms with Gasteiger partial charge in [0.05, 0.1) is 31.3 Å². The number of aromatic amines is 1. The smallest absolute Gasteiger partial charge is 0.283 e. The molecule has 0 fully saturated rings. The summed E-state index contributed by atoms with van der Waals surface area (Å²) in [6.07, 6.45) is 4.28. The number of carbonyl (C=O) groups excluding carboxylic acids is 1. The van der Waals surface area contributed by atoms with E-state index in [0.29, 0.717) is 30.3 Å². The Hall–Kier alpha value is -5.16. The number of azo groups is 1. The van der Waals surface area contributed by atoms with Crippen LogP contribution in [0.5, 0.6) is 11.5 Å². The van der Waals surface area contributed by atoms with Crippen LogP contribution in [0.15, 0.2) is 69.3 Å². The van der Waals surface area contributed by atoms with E-state index in [1.54, 1.807) is 31.4 Å². The minimum atomic E-state index is -0.296. The summed E-state index contributed by atoms with van der Waals surface area (Å²) in [4.78, 5) is 21.7. The van der Waals surface area contributed by atoms with Crippen molar-refractivity contribution >= 4 is 35.1 Å². The summed E-state index contributed by atoms with van der Waals surface area (Å²) in [5, 5.41) is 33.2. The van der Waals surface area contributed by atoms with Crippen molar-refractivity contribution in [1.29, 1.82) is 0 Å². The van der Waals surface area contributed by atoms with Gasteiger partial charge in [-0.2, -0.15) is 10.2 Å². The van der Waals surface area contributed by atoms with E-state index in [9.17, 15) is 10.2 Å². The number of carbonyl (C=O) groups is 1. The lowest BCUT2D eigenvalue weighted by Gasteiger charge is -2.23. The zero-order chi connectivity index (χ0) is 27.5.